The number of hydroxylamine groups is 1. The Kier molecular flexibility index (Phi) is 9.84. The lowest BCUT2D eigenvalue weighted by Crippen LogP contribution is -2.35. The Hall–Kier alpha value is -3.20. The van der Waals surface area contributed by atoms with Crippen molar-refractivity contribution in [2.75, 3.05) is 19.7 Å². The van der Waals surface area contributed by atoms with Crippen molar-refractivity contribution in [3.63, 3.8) is 0 Å². The second-order valence-corrected chi connectivity index (χ2v) is 10.3. The predicted octanol–water partition coefficient (Wildman–Crippen LogP) is 5.25. The number of alkyl carbamates (subject to hydrolysis) is 1. The lowest BCUT2D eigenvalue weighted by molar-refractivity contribution is -0.0953. The predicted molar refractivity (Wildman–Crippen MR) is 136 cm³/mol. The van der Waals surface area contributed by atoms with Crippen molar-refractivity contribution in [2.24, 2.45) is 5.92 Å². The molecule has 0 unspecified atom stereocenters. The van der Waals surface area contributed by atoms with Crippen LogP contribution in [-0.4, -0.2) is 38.7 Å². The number of sulfonamides is 1. The van der Waals surface area contributed by atoms with Crippen LogP contribution in [0.1, 0.15) is 25.8 Å². The second kappa shape index (κ2) is 13.0. The van der Waals surface area contributed by atoms with Crippen LogP contribution in [0.3, 0.4) is 0 Å². The minimum atomic E-state index is -3.88. The van der Waals surface area contributed by atoms with Gasteiger partial charge in [0.2, 0.25) is 0 Å². The average Bonchev–Trinajstić information content (AvgIpc) is 2.88. The van der Waals surface area contributed by atoms with Crippen molar-refractivity contribution < 1.29 is 22.8 Å². The first-order valence-corrected chi connectivity index (χ1v) is 13.1. The zero-order chi connectivity index (χ0) is 25.1. The van der Waals surface area contributed by atoms with Crippen molar-refractivity contribution in [2.45, 2.75) is 31.8 Å². The number of rotatable bonds is 12. The van der Waals surface area contributed by atoms with E-state index in [0.29, 0.717) is 6.42 Å². The molecule has 0 aliphatic rings. The number of hydrogen-bond donors (Lipinski definition) is 1. The largest absolute Gasteiger partial charge is 0.445 e. The standard InChI is InChI=1S/C27H32N2O5S/c1-22(2)20-34-29(19-9-18-28-27(30)33-21-23-10-5-3-6-11-23)35(31,32)26-16-14-25(15-17-26)24-12-7-4-8-13-24/h3-8,10-17,22H,9,18-21H2,1-2H3,(H,28,30). The molecule has 0 atom stereocenters. The fourth-order valence-electron chi connectivity index (χ4n) is 3.23. The molecule has 35 heavy (non-hydrogen) atoms. The van der Waals surface area contributed by atoms with E-state index in [0.717, 1.165) is 21.2 Å². The van der Waals surface area contributed by atoms with Crippen LogP contribution < -0.4 is 5.32 Å². The summed E-state index contributed by atoms with van der Waals surface area (Å²) in [5.41, 5.74) is 2.83. The third kappa shape index (κ3) is 8.20. The minimum absolute atomic E-state index is 0.0917. The second-order valence-electron chi connectivity index (χ2n) is 8.45. The summed E-state index contributed by atoms with van der Waals surface area (Å²) in [6.07, 6.45) is -0.192. The zero-order valence-corrected chi connectivity index (χ0v) is 20.9. The highest BCUT2D eigenvalue weighted by molar-refractivity contribution is 7.89. The van der Waals surface area contributed by atoms with Crippen LogP contribution in [0.15, 0.2) is 89.8 Å². The number of amides is 1. The number of benzene rings is 3. The highest BCUT2D eigenvalue weighted by Gasteiger charge is 2.25. The first-order valence-electron chi connectivity index (χ1n) is 11.6. The first-order chi connectivity index (χ1) is 16.9. The Bertz CT molecular complexity index is 1150. The van der Waals surface area contributed by atoms with Crippen molar-refractivity contribution in [1.82, 2.24) is 9.79 Å². The molecule has 3 aromatic rings. The van der Waals surface area contributed by atoms with Crippen LogP contribution >= 0.6 is 0 Å². The smallest absolute Gasteiger partial charge is 0.407 e. The van der Waals surface area contributed by atoms with Gasteiger partial charge in [0, 0.05) is 13.1 Å². The summed E-state index contributed by atoms with van der Waals surface area (Å²) in [5, 5.41) is 2.65. The monoisotopic (exact) mass is 496 g/mol. The number of carbonyl (C=O) groups excluding carboxylic acids is 1. The number of ether oxygens (including phenoxy) is 1. The quantitative estimate of drug-likeness (QED) is 0.274. The zero-order valence-electron chi connectivity index (χ0n) is 20.1. The van der Waals surface area contributed by atoms with Crippen LogP contribution in [0.2, 0.25) is 0 Å². The number of hydrogen-bond acceptors (Lipinski definition) is 5. The summed E-state index contributed by atoms with van der Waals surface area (Å²) in [6.45, 7) is 4.66. The van der Waals surface area contributed by atoms with E-state index in [-0.39, 0.29) is 37.1 Å². The lowest BCUT2D eigenvalue weighted by Gasteiger charge is -2.23. The van der Waals surface area contributed by atoms with E-state index >= 15 is 0 Å². The van der Waals surface area contributed by atoms with Gasteiger partial charge in [0.15, 0.2) is 0 Å². The van der Waals surface area contributed by atoms with Crippen molar-refractivity contribution in [1.29, 1.82) is 0 Å². The van der Waals surface area contributed by atoms with Crippen molar-refractivity contribution in [3.8, 4) is 11.1 Å². The summed E-state index contributed by atoms with van der Waals surface area (Å²) < 4.78 is 32.7. The van der Waals surface area contributed by atoms with E-state index in [2.05, 4.69) is 5.32 Å². The maximum atomic E-state index is 13.3. The highest BCUT2D eigenvalue weighted by atomic mass is 32.2. The van der Waals surface area contributed by atoms with Gasteiger partial charge >= 0.3 is 6.09 Å². The Morgan fingerprint density at radius 1 is 0.886 bits per heavy atom. The number of nitrogens with one attached hydrogen (secondary N) is 1. The topological polar surface area (TPSA) is 84.9 Å². The number of carbonyl (C=O) groups is 1. The highest BCUT2D eigenvalue weighted by Crippen LogP contribution is 2.23. The van der Waals surface area contributed by atoms with Gasteiger partial charge in [-0.25, -0.2) is 13.2 Å². The van der Waals surface area contributed by atoms with Gasteiger partial charge in [0.25, 0.3) is 10.0 Å². The molecule has 0 heterocycles. The maximum Gasteiger partial charge on any atom is 0.407 e. The van der Waals surface area contributed by atoms with Gasteiger partial charge in [-0.2, -0.15) is 0 Å². The van der Waals surface area contributed by atoms with Gasteiger partial charge in [-0.15, -0.1) is 0 Å². The first kappa shape index (κ1) is 26.4. The van der Waals surface area contributed by atoms with E-state index in [1.165, 1.54) is 0 Å². The summed E-state index contributed by atoms with van der Waals surface area (Å²) in [5.74, 6) is 0.152. The molecule has 7 nitrogen and oxygen atoms in total. The van der Waals surface area contributed by atoms with Gasteiger partial charge in [-0.05, 0) is 41.2 Å². The summed E-state index contributed by atoms with van der Waals surface area (Å²) >= 11 is 0. The third-order valence-corrected chi connectivity index (χ3v) is 6.77. The molecular formula is C27H32N2O5S. The molecule has 0 spiro atoms. The fraction of sp³-hybridized carbons (Fsp3) is 0.296. The molecule has 1 amide bonds. The molecule has 0 bridgehead atoms. The van der Waals surface area contributed by atoms with Gasteiger partial charge in [-0.3, -0.25) is 4.84 Å². The van der Waals surface area contributed by atoms with Crippen LogP contribution in [0.25, 0.3) is 11.1 Å². The third-order valence-electron chi connectivity index (χ3n) is 5.08. The fourth-order valence-corrected chi connectivity index (χ4v) is 4.51. The molecule has 0 saturated heterocycles. The van der Waals surface area contributed by atoms with Gasteiger partial charge in [0.05, 0.1) is 11.5 Å². The molecule has 8 heteroatoms. The van der Waals surface area contributed by atoms with Crippen LogP contribution in [0.5, 0.6) is 0 Å². The Morgan fingerprint density at radius 2 is 1.49 bits per heavy atom. The SMILES string of the molecule is CC(C)CON(CCCNC(=O)OCc1ccccc1)S(=O)(=O)c1ccc(-c2ccccc2)cc1. The van der Waals surface area contributed by atoms with E-state index in [9.17, 15) is 13.2 Å². The van der Waals surface area contributed by atoms with Gasteiger partial charge in [0.1, 0.15) is 6.61 Å². The molecule has 186 valence electrons. The van der Waals surface area contributed by atoms with Crippen LogP contribution in [-0.2, 0) is 26.2 Å². The molecule has 0 fully saturated rings. The van der Waals surface area contributed by atoms with Gasteiger partial charge in [-0.1, -0.05) is 91.1 Å². The van der Waals surface area contributed by atoms with E-state index in [1.54, 1.807) is 24.3 Å². The molecular weight excluding hydrogens is 464 g/mol. The van der Waals surface area contributed by atoms with E-state index in [4.69, 9.17) is 9.57 Å². The summed E-state index contributed by atoms with van der Waals surface area (Å²) in [7, 11) is -3.88. The summed E-state index contributed by atoms with van der Waals surface area (Å²) in [6, 6.07) is 25.9. The Balaban J connectivity index is 1.57. The van der Waals surface area contributed by atoms with Crippen molar-refractivity contribution in [3.05, 3.63) is 90.5 Å². The summed E-state index contributed by atoms with van der Waals surface area (Å²) in [4.78, 5) is 17.7. The minimum Gasteiger partial charge on any atom is -0.445 e. The van der Waals surface area contributed by atoms with E-state index < -0.39 is 16.1 Å². The molecule has 0 saturated carbocycles. The maximum absolute atomic E-state index is 13.3. The van der Waals surface area contributed by atoms with Crippen LogP contribution in [0.4, 0.5) is 4.79 Å². The van der Waals surface area contributed by atoms with Gasteiger partial charge < -0.3 is 10.1 Å². The Morgan fingerprint density at radius 3 is 2.11 bits per heavy atom. The molecule has 0 radical (unpaired) electrons. The molecule has 0 aromatic heterocycles. The molecule has 0 aliphatic carbocycles. The Labute approximate surface area is 207 Å². The number of nitrogens with zero attached hydrogens (tertiary/aromatic N) is 1. The lowest BCUT2D eigenvalue weighted by atomic mass is 10.1. The van der Waals surface area contributed by atoms with Crippen molar-refractivity contribution >= 4 is 16.1 Å². The molecule has 3 aromatic carbocycles. The van der Waals surface area contributed by atoms with Crippen LogP contribution in [0, 0.1) is 5.92 Å². The normalized spacial score (nSPS) is 11.5. The van der Waals surface area contributed by atoms with E-state index in [1.807, 2.05) is 74.5 Å². The molecule has 3 rings (SSSR count). The molecule has 1 N–H and O–H groups in total. The molecule has 0 aliphatic heterocycles. The average molecular weight is 497 g/mol.